The Labute approximate surface area is 128 Å². The SMILES string of the molecule is Cc1cccc(C(=O)N(CCC(N)=O)c2ccc(F)cc2)c1. The molecule has 0 aliphatic rings. The number of halogens is 1. The number of carbonyl (C=O) groups is 2. The van der Waals surface area contributed by atoms with Crippen LogP contribution in [0.3, 0.4) is 0 Å². The summed E-state index contributed by atoms with van der Waals surface area (Å²) in [4.78, 5) is 25.1. The highest BCUT2D eigenvalue weighted by atomic mass is 19.1. The van der Waals surface area contributed by atoms with Crippen molar-refractivity contribution >= 4 is 17.5 Å². The Hall–Kier alpha value is -2.69. The summed E-state index contributed by atoms with van der Waals surface area (Å²) in [5, 5.41) is 0. The minimum atomic E-state index is -0.496. The van der Waals surface area contributed by atoms with Gasteiger partial charge in [-0.05, 0) is 43.3 Å². The van der Waals surface area contributed by atoms with Crippen molar-refractivity contribution in [3.8, 4) is 0 Å². The van der Waals surface area contributed by atoms with E-state index in [1.165, 1.54) is 29.2 Å². The highest BCUT2D eigenvalue weighted by molar-refractivity contribution is 6.06. The van der Waals surface area contributed by atoms with E-state index in [2.05, 4.69) is 0 Å². The summed E-state index contributed by atoms with van der Waals surface area (Å²) >= 11 is 0. The van der Waals surface area contributed by atoms with E-state index in [4.69, 9.17) is 5.73 Å². The molecule has 114 valence electrons. The Bertz CT molecular complexity index is 683. The molecular formula is C17H17FN2O2. The second-order valence-corrected chi connectivity index (χ2v) is 5.02. The number of primary amides is 1. The van der Waals surface area contributed by atoms with Crippen LogP contribution in [0.15, 0.2) is 48.5 Å². The van der Waals surface area contributed by atoms with Crippen LogP contribution < -0.4 is 10.6 Å². The Morgan fingerprint density at radius 2 is 1.82 bits per heavy atom. The van der Waals surface area contributed by atoms with E-state index >= 15 is 0 Å². The maximum atomic E-state index is 13.1. The molecule has 0 saturated heterocycles. The molecule has 0 aliphatic carbocycles. The zero-order valence-corrected chi connectivity index (χ0v) is 12.3. The molecule has 0 heterocycles. The van der Waals surface area contributed by atoms with Gasteiger partial charge in [0.2, 0.25) is 5.91 Å². The van der Waals surface area contributed by atoms with Gasteiger partial charge in [0.1, 0.15) is 5.82 Å². The lowest BCUT2D eigenvalue weighted by molar-refractivity contribution is -0.117. The molecule has 22 heavy (non-hydrogen) atoms. The minimum Gasteiger partial charge on any atom is -0.370 e. The van der Waals surface area contributed by atoms with Crippen molar-refractivity contribution in [2.75, 3.05) is 11.4 Å². The molecule has 0 aromatic heterocycles. The summed E-state index contributed by atoms with van der Waals surface area (Å²) in [6.07, 6.45) is 0.0366. The molecule has 2 rings (SSSR count). The van der Waals surface area contributed by atoms with Crippen LogP contribution in [0.5, 0.6) is 0 Å². The summed E-state index contributed by atoms with van der Waals surface area (Å²) in [5.74, 6) is -1.14. The van der Waals surface area contributed by atoms with Gasteiger partial charge in [0.25, 0.3) is 5.91 Å². The number of carbonyl (C=O) groups excluding carboxylic acids is 2. The number of anilines is 1. The highest BCUT2D eigenvalue weighted by Crippen LogP contribution is 2.19. The zero-order chi connectivity index (χ0) is 16.1. The van der Waals surface area contributed by atoms with Crippen LogP contribution in [0.1, 0.15) is 22.3 Å². The lowest BCUT2D eigenvalue weighted by Crippen LogP contribution is -2.34. The van der Waals surface area contributed by atoms with E-state index in [-0.39, 0.29) is 24.7 Å². The summed E-state index contributed by atoms with van der Waals surface area (Å²) in [5.41, 5.74) is 7.16. The van der Waals surface area contributed by atoms with E-state index in [0.29, 0.717) is 11.3 Å². The van der Waals surface area contributed by atoms with Crippen LogP contribution in [0.4, 0.5) is 10.1 Å². The average molecular weight is 300 g/mol. The van der Waals surface area contributed by atoms with Crippen LogP contribution >= 0.6 is 0 Å². The average Bonchev–Trinajstić information content (AvgIpc) is 2.48. The molecule has 0 unspecified atom stereocenters. The highest BCUT2D eigenvalue weighted by Gasteiger charge is 2.18. The number of hydrogen-bond donors (Lipinski definition) is 1. The number of nitrogens with zero attached hydrogens (tertiary/aromatic N) is 1. The number of amides is 2. The predicted molar refractivity (Wildman–Crippen MR) is 83.1 cm³/mol. The Balaban J connectivity index is 2.32. The van der Waals surface area contributed by atoms with E-state index in [1.54, 1.807) is 18.2 Å². The fourth-order valence-electron chi connectivity index (χ4n) is 2.12. The maximum absolute atomic E-state index is 13.1. The van der Waals surface area contributed by atoms with Crippen molar-refractivity contribution in [2.24, 2.45) is 5.73 Å². The molecule has 0 atom stereocenters. The van der Waals surface area contributed by atoms with Crippen molar-refractivity contribution in [2.45, 2.75) is 13.3 Å². The molecule has 0 radical (unpaired) electrons. The van der Waals surface area contributed by atoms with Crippen molar-refractivity contribution in [3.63, 3.8) is 0 Å². The van der Waals surface area contributed by atoms with Crippen LogP contribution in [-0.2, 0) is 4.79 Å². The van der Waals surface area contributed by atoms with Crippen molar-refractivity contribution in [3.05, 3.63) is 65.5 Å². The monoisotopic (exact) mass is 300 g/mol. The first-order valence-corrected chi connectivity index (χ1v) is 6.90. The van der Waals surface area contributed by atoms with Gasteiger partial charge in [-0.3, -0.25) is 9.59 Å². The number of nitrogens with two attached hydrogens (primary N) is 1. The van der Waals surface area contributed by atoms with Crippen LogP contribution in [0.2, 0.25) is 0 Å². The largest absolute Gasteiger partial charge is 0.370 e. The number of hydrogen-bond acceptors (Lipinski definition) is 2. The fraction of sp³-hybridized carbons (Fsp3) is 0.176. The van der Waals surface area contributed by atoms with Gasteiger partial charge >= 0.3 is 0 Å². The number of benzene rings is 2. The van der Waals surface area contributed by atoms with Crippen LogP contribution in [0.25, 0.3) is 0 Å². The van der Waals surface area contributed by atoms with Gasteiger partial charge in [0, 0.05) is 24.2 Å². The first kappa shape index (κ1) is 15.7. The molecule has 0 spiro atoms. The summed E-state index contributed by atoms with van der Waals surface area (Å²) in [7, 11) is 0. The zero-order valence-electron chi connectivity index (χ0n) is 12.3. The molecule has 0 bridgehead atoms. The quantitative estimate of drug-likeness (QED) is 0.922. The Morgan fingerprint density at radius 1 is 1.14 bits per heavy atom. The third kappa shape index (κ3) is 3.91. The van der Waals surface area contributed by atoms with E-state index in [9.17, 15) is 14.0 Å². The molecule has 0 fully saturated rings. The van der Waals surface area contributed by atoms with Gasteiger partial charge < -0.3 is 10.6 Å². The van der Waals surface area contributed by atoms with Crippen molar-refractivity contribution < 1.29 is 14.0 Å². The molecule has 4 nitrogen and oxygen atoms in total. The summed E-state index contributed by atoms with van der Waals surface area (Å²) < 4.78 is 13.1. The second-order valence-electron chi connectivity index (χ2n) is 5.02. The van der Waals surface area contributed by atoms with Gasteiger partial charge in [0.05, 0.1) is 0 Å². The molecule has 0 saturated carbocycles. The Morgan fingerprint density at radius 3 is 2.41 bits per heavy atom. The van der Waals surface area contributed by atoms with Gasteiger partial charge in [0.15, 0.2) is 0 Å². The Kier molecular flexibility index (Phi) is 4.88. The third-order valence-electron chi connectivity index (χ3n) is 3.23. The standard InChI is InChI=1S/C17H17FN2O2/c1-12-3-2-4-13(11-12)17(22)20(10-9-16(19)21)15-7-5-14(18)6-8-15/h2-8,11H,9-10H2,1H3,(H2,19,21). The molecule has 2 amide bonds. The second kappa shape index (κ2) is 6.85. The number of aryl methyl sites for hydroxylation is 1. The molecule has 0 aliphatic heterocycles. The van der Waals surface area contributed by atoms with E-state index < -0.39 is 5.91 Å². The minimum absolute atomic E-state index is 0.0366. The molecule has 2 aromatic carbocycles. The molecule has 2 N–H and O–H groups in total. The fourth-order valence-corrected chi connectivity index (χ4v) is 2.12. The maximum Gasteiger partial charge on any atom is 0.258 e. The lowest BCUT2D eigenvalue weighted by Gasteiger charge is -2.22. The first-order valence-electron chi connectivity index (χ1n) is 6.90. The van der Waals surface area contributed by atoms with Crippen molar-refractivity contribution in [1.82, 2.24) is 0 Å². The van der Waals surface area contributed by atoms with Crippen LogP contribution in [-0.4, -0.2) is 18.4 Å². The van der Waals surface area contributed by atoms with Crippen molar-refractivity contribution in [1.29, 1.82) is 0 Å². The van der Waals surface area contributed by atoms with Gasteiger partial charge in [-0.25, -0.2) is 4.39 Å². The van der Waals surface area contributed by atoms with Crippen LogP contribution in [0, 0.1) is 12.7 Å². The van der Waals surface area contributed by atoms with Gasteiger partial charge in [-0.1, -0.05) is 17.7 Å². The molecular weight excluding hydrogens is 283 g/mol. The molecule has 2 aromatic rings. The smallest absolute Gasteiger partial charge is 0.258 e. The first-order chi connectivity index (χ1) is 10.5. The van der Waals surface area contributed by atoms with E-state index in [0.717, 1.165) is 5.56 Å². The van der Waals surface area contributed by atoms with Gasteiger partial charge in [-0.15, -0.1) is 0 Å². The summed E-state index contributed by atoms with van der Waals surface area (Å²) in [6.45, 7) is 2.04. The van der Waals surface area contributed by atoms with Gasteiger partial charge in [-0.2, -0.15) is 0 Å². The predicted octanol–water partition coefficient (Wildman–Crippen LogP) is 2.66. The normalized spacial score (nSPS) is 10.3. The topological polar surface area (TPSA) is 63.4 Å². The molecule has 5 heteroatoms. The summed E-state index contributed by atoms with van der Waals surface area (Å²) in [6, 6.07) is 12.7. The lowest BCUT2D eigenvalue weighted by atomic mass is 10.1. The van der Waals surface area contributed by atoms with E-state index in [1.807, 2.05) is 13.0 Å². The number of rotatable bonds is 5. The third-order valence-corrected chi connectivity index (χ3v) is 3.23.